The standard InChI is InChI=1S/C15H17ClN4O3/c1-8-14(9(2)20(3)19-8)18-13(21)7-23-15(22)11-5-4-10(16)6-12(11)17/h4-6H,7,17H2,1-3H3,(H,18,21). The molecule has 0 saturated carbocycles. The minimum atomic E-state index is -0.686. The van der Waals surface area contributed by atoms with Crippen LogP contribution in [-0.2, 0) is 16.6 Å². The molecule has 0 unspecified atom stereocenters. The van der Waals surface area contributed by atoms with Crippen molar-refractivity contribution in [1.29, 1.82) is 0 Å². The van der Waals surface area contributed by atoms with Gasteiger partial charge in [-0.3, -0.25) is 9.48 Å². The molecule has 122 valence electrons. The first-order chi connectivity index (χ1) is 10.8. The van der Waals surface area contributed by atoms with Gasteiger partial charge in [0.2, 0.25) is 0 Å². The number of carbonyl (C=O) groups excluding carboxylic acids is 2. The van der Waals surface area contributed by atoms with E-state index in [0.29, 0.717) is 16.4 Å². The van der Waals surface area contributed by atoms with Crippen molar-refractivity contribution in [2.45, 2.75) is 13.8 Å². The highest BCUT2D eigenvalue weighted by molar-refractivity contribution is 6.31. The molecule has 1 aromatic carbocycles. The van der Waals surface area contributed by atoms with Gasteiger partial charge in [0.15, 0.2) is 6.61 Å². The number of aryl methyl sites for hydroxylation is 2. The van der Waals surface area contributed by atoms with Crippen LogP contribution in [0.5, 0.6) is 0 Å². The van der Waals surface area contributed by atoms with Crippen LogP contribution < -0.4 is 11.1 Å². The fraction of sp³-hybridized carbons (Fsp3) is 0.267. The van der Waals surface area contributed by atoms with Crippen LogP contribution in [0.4, 0.5) is 11.4 Å². The molecule has 8 heteroatoms. The van der Waals surface area contributed by atoms with Crippen molar-refractivity contribution in [3.05, 3.63) is 40.2 Å². The number of hydrogen-bond acceptors (Lipinski definition) is 5. The first-order valence-corrected chi connectivity index (χ1v) is 7.19. The van der Waals surface area contributed by atoms with Crippen molar-refractivity contribution in [3.63, 3.8) is 0 Å². The summed E-state index contributed by atoms with van der Waals surface area (Å²) in [7, 11) is 1.78. The maximum Gasteiger partial charge on any atom is 0.340 e. The Morgan fingerprint density at radius 3 is 2.65 bits per heavy atom. The third-order valence-electron chi connectivity index (χ3n) is 3.34. The molecule has 0 spiro atoms. The molecule has 0 fully saturated rings. The molecular formula is C15H17ClN4O3. The molecule has 0 saturated heterocycles. The van der Waals surface area contributed by atoms with Crippen molar-refractivity contribution in [2.24, 2.45) is 7.05 Å². The Kier molecular flexibility index (Phi) is 4.90. The second-order valence-electron chi connectivity index (χ2n) is 5.03. The predicted octanol–water partition coefficient (Wildman–Crippen LogP) is 2.07. The molecule has 1 aromatic heterocycles. The first kappa shape index (κ1) is 16.8. The van der Waals surface area contributed by atoms with E-state index in [1.807, 2.05) is 6.92 Å². The zero-order chi connectivity index (χ0) is 17.1. The number of nitrogens with two attached hydrogens (primary N) is 1. The molecule has 0 aliphatic heterocycles. The van der Waals surface area contributed by atoms with Gasteiger partial charge in [-0.25, -0.2) is 4.79 Å². The third-order valence-corrected chi connectivity index (χ3v) is 3.58. The highest BCUT2D eigenvalue weighted by Crippen LogP contribution is 2.20. The number of halogens is 1. The minimum Gasteiger partial charge on any atom is -0.452 e. The lowest BCUT2D eigenvalue weighted by Crippen LogP contribution is -2.22. The van der Waals surface area contributed by atoms with E-state index in [1.54, 1.807) is 18.7 Å². The van der Waals surface area contributed by atoms with Gasteiger partial charge in [0.05, 0.1) is 22.6 Å². The van der Waals surface area contributed by atoms with Gasteiger partial charge in [-0.05, 0) is 32.0 Å². The molecule has 0 aliphatic carbocycles. The van der Waals surface area contributed by atoms with E-state index >= 15 is 0 Å². The smallest absolute Gasteiger partial charge is 0.340 e. The number of carbonyl (C=O) groups is 2. The summed E-state index contributed by atoms with van der Waals surface area (Å²) in [4.78, 5) is 23.9. The van der Waals surface area contributed by atoms with Crippen LogP contribution in [0, 0.1) is 13.8 Å². The van der Waals surface area contributed by atoms with Crippen LogP contribution in [0.3, 0.4) is 0 Å². The number of nitrogen functional groups attached to an aromatic ring is 1. The number of amides is 1. The Morgan fingerprint density at radius 1 is 1.39 bits per heavy atom. The van der Waals surface area contributed by atoms with E-state index in [4.69, 9.17) is 22.1 Å². The van der Waals surface area contributed by atoms with E-state index in [-0.39, 0.29) is 11.3 Å². The maximum atomic E-state index is 11.9. The van der Waals surface area contributed by atoms with Gasteiger partial charge in [0.1, 0.15) is 0 Å². The van der Waals surface area contributed by atoms with Gasteiger partial charge in [0, 0.05) is 17.8 Å². The summed E-state index contributed by atoms with van der Waals surface area (Å²) in [5.41, 5.74) is 8.16. The van der Waals surface area contributed by atoms with E-state index < -0.39 is 18.5 Å². The Hall–Kier alpha value is -2.54. The number of ether oxygens (including phenoxy) is 1. The van der Waals surface area contributed by atoms with E-state index in [0.717, 1.165) is 5.69 Å². The summed E-state index contributed by atoms with van der Waals surface area (Å²) >= 11 is 5.77. The number of nitrogens with one attached hydrogen (secondary N) is 1. The van der Waals surface area contributed by atoms with Crippen molar-refractivity contribution < 1.29 is 14.3 Å². The van der Waals surface area contributed by atoms with Crippen LogP contribution in [0.2, 0.25) is 5.02 Å². The van der Waals surface area contributed by atoms with Crippen molar-refractivity contribution in [2.75, 3.05) is 17.7 Å². The molecule has 3 N–H and O–H groups in total. The predicted molar refractivity (Wildman–Crippen MR) is 87.5 cm³/mol. The van der Waals surface area contributed by atoms with Crippen LogP contribution in [-0.4, -0.2) is 28.3 Å². The molecule has 7 nitrogen and oxygen atoms in total. The zero-order valence-corrected chi connectivity index (χ0v) is 13.8. The van der Waals surface area contributed by atoms with Gasteiger partial charge in [-0.15, -0.1) is 0 Å². The fourth-order valence-electron chi connectivity index (χ4n) is 2.06. The maximum absolute atomic E-state index is 11.9. The van der Waals surface area contributed by atoms with Gasteiger partial charge in [0.25, 0.3) is 5.91 Å². The summed E-state index contributed by atoms with van der Waals surface area (Å²) in [6.07, 6.45) is 0. The summed E-state index contributed by atoms with van der Waals surface area (Å²) in [5.74, 6) is -1.14. The molecule has 0 radical (unpaired) electrons. The summed E-state index contributed by atoms with van der Waals surface area (Å²) in [6.45, 7) is 3.19. The molecule has 2 aromatic rings. The first-order valence-electron chi connectivity index (χ1n) is 6.81. The van der Waals surface area contributed by atoms with Crippen molar-refractivity contribution in [3.8, 4) is 0 Å². The zero-order valence-electron chi connectivity index (χ0n) is 13.0. The Bertz CT molecular complexity index is 770. The van der Waals surface area contributed by atoms with E-state index in [9.17, 15) is 9.59 Å². The van der Waals surface area contributed by atoms with Gasteiger partial charge < -0.3 is 15.8 Å². The second-order valence-corrected chi connectivity index (χ2v) is 5.46. The Labute approximate surface area is 138 Å². The molecule has 23 heavy (non-hydrogen) atoms. The lowest BCUT2D eigenvalue weighted by atomic mass is 10.2. The van der Waals surface area contributed by atoms with Crippen LogP contribution in [0.25, 0.3) is 0 Å². The third kappa shape index (κ3) is 3.81. The molecule has 0 bridgehead atoms. The number of aromatic nitrogens is 2. The largest absolute Gasteiger partial charge is 0.452 e. The summed E-state index contributed by atoms with van der Waals surface area (Å²) in [6, 6.07) is 4.42. The van der Waals surface area contributed by atoms with Crippen LogP contribution >= 0.6 is 11.6 Å². The molecule has 0 atom stereocenters. The average Bonchev–Trinajstić information content (AvgIpc) is 2.71. The lowest BCUT2D eigenvalue weighted by molar-refractivity contribution is -0.119. The SMILES string of the molecule is Cc1nn(C)c(C)c1NC(=O)COC(=O)c1ccc(Cl)cc1N. The summed E-state index contributed by atoms with van der Waals surface area (Å²) < 4.78 is 6.63. The lowest BCUT2D eigenvalue weighted by Gasteiger charge is -2.08. The fourth-order valence-corrected chi connectivity index (χ4v) is 2.24. The summed E-state index contributed by atoms with van der Waals surface area (Å²) in [5, 5.41) is 7.29. The number of nitrogens with zero attached hydrogens (tertiary/aromatic N) is 2. The van der Waals surface area contributed by atoms with Crippen LogP contribution in [0.1, 0.15) is 21.7 Å². The van der Waals surface area contributed by atoms with Gasteiger partial charge in [-0.2, -0.15) is 5.10 Å². The van der Waals surface area contributed by atoms with E-state index in [1.165, 1.54) is 18.2 Å². The number of rotatable bonds is 4. The van der Waals surface area contributed by atoms with Crippen LogP contribution in [0.15, 0.2) is 18.2 Å². The highest BCUT2D eigenvalue weighted by atomic mass is 35.5. The number of hydrogen-bond donors (Lipinski definition) is 2. The second kappa shape index (κ2) is 6.70. The minimum absolute atomic E-state index is 0.163. The molecule has 1 amide bonds. The topological polar surface area (TPSA) is 99.2 Å². The molecule has 1 heterocycles. The van der Waals surface area contributed by atoms with Gasteiger partial charge >= 0.3 is 5.97 Å². The molecular weight excluding hydrogens is 320 g/mol. The number of esters is 1. The Balaban J connectivity index is 1.97. The normalized spacial score (nSPS) is 10.4. The Morgan fingerprint density at radius 2 is 2.09 bits per heavy atom. The van der Waals surface area contributed by atoms with Crippen molar-refractivity contribution >= 4 is 34.9 Å². The number of benzene rings is 1. The van der Waals surface area contributed by atoms with Gasteiger partial charge in [-0.1, -0.05) is 11.6 Å². The number of anilines is 2. The molecule has 0 aliphatic rings. The van der Waals surface area contributed by atoms with E-state index in [2.05, 4.69) is 10.4 Å². The highest BCUT2D eigenvalue weighted by Gasteiger charge is 2.16. The molecule has 2 rings (SSSR count). The average molecular weight is 337 g/mol. The quantitative estimate of drug-likeness (QED) is 0.657. The van der Waals surface area contributed by atoms with Crippen molar-refractivity contribution in [1.82, 2.24) is 9.78 Å². The monoisotopic (exact) mass is 336 g/mol.